The van der Waals surface area contributed by atoms with Gasteiger partial charge in [0.05, 0.1) is 5.71 Å². The molecule has 0 saturated heterocycles. The van der Waals surface area contributed by atoms with Crippen molar-refractivity contribution < 1.29 is 0 Å². The fourth-order valence-electron chi connectivity index (χ4n) is 1.17. The van der Waals surface area contributed by atoms with Gasteiger partial charge in [0, 0.05) is 7.05 Å². The maximum absolute atomic E-state index is 4.18. The topological polar surface area (TPSA) is 12.4 Å². The molecule has 0 atom stereocenters. The van der Waals surface area contributed by atoms with Crippen LogP contribution in [0.1, 0.15) is 33.1 Å². The van der Waals surface area contributed by atoms with E-state index in [1.165, 1.54) is 18.4 Å². The summed E-state index contributed by atoms with van der Waals surface area (Å²) in [5, 5.41) is 0. The Bertz CT molecular complexity index is 256. The molecule has 1 nitrogen and oxygen atoms in total. The van der Waals surface area contributed by atoms with E-state index in [-0.39, 0.29) is 0 Å². The molecule has 1 heteroatoms. The van der Waals surface area contributed by atoms with E-state index in [4.69, 9.17) is 0 Å². The van der Waals surface area contributed by atoms with Crippen molar-refractivity contribution in [2.45, 2.75) is 33.1 Å². The minimum atomic E-state index is 0.892. The summed E-state index contributed by atoms with van der Waals surface area (Å²) in [5.74, 6) is 0. The van der Waals surface area contributed by atoms with E-state index >= 15 is 0 Å². The minimum Gasteiger partial charge on any atom is -0.288 e. The Balaban J connectivity index is 4.43. The van der Waals surface area contributed by atoms with Crippen molar-refractivity contribution in [3.05, 3.63) is 36.5 Å². The molecule has 0 saturated carbocycles. The lowest BCUT2D eigenvalue weighted by atomic mass is 10.1. The maximum atomic E-state index is 4.18. The van der Waals surface area contributed by atoms with Gasteiger partial charge in [0.25, 0.3) is 0 Å². The highest BCUT2D eigenvalue weighted by atomic mass is 14.7. The molecule has 0 heterocycles. The first kappa shape index (κ1) is 12.9. The number of allylic oxidation sites excluding steroid dienone is 4. The highest BCUT2D eigenvalue weighted by molar-refractivity contribution is 6.10. The number of rotatable bonds is 6. The van der Waals surface area contributed by atoms with Gasteiger partial charge >= 0.3 is 0 Å². The summed E-state index contributed by atoms with van der Waals surface area (Å²) in [5.41, 5.74) is 3.19. The van der Waals surface area contributed by atoms with Gasteiger partial charge in [-0.25, -0.2) is 0 Å². The molecule has 0 bridgehead atoms. The van der Waals surface area contributed by atoms with Gasteiger partial charge in [-0.1, -0.05) is 38.2 Å². The zero-order chi connectivity index (χ0) is 11.0. The predicted molar refractivity (Wildman–Crippen MR) is 66.0 cm³/mol. The Hall–Kier alpha value is -1.11. The molecule has 0 aromatic carbocycles. The number of hydrogen-bond donors (Lipinski definition) is 0. The Kier molecular flexibility index (Phi) is 6.73. The zero-order valence-corrected chi connectivity index (χ0v) is 9.64. The summed E-state index contributed by atoms with van der Waals surface area (Å²) in [6.45, 7) is 11.9. The Morgan fingerprint density at radius 1 is 1.43 bits per heavy atom. The molecular formula is C13H21N. The molecule has 14 heavy (non-hydrogen) atoms. The van der Waals surface area contributed by atoms with Gasteiger partial charge < -0.3 is 0 Å². The Morgan fingerprint density at radius 3 is 2.50 bits per heavy atom. The Morgan fingerprint density at radius 2 is 2.07 bits per heavy atom. The molecular weight excluding hydrogens is 170 g/mol. The first-order valence-corrected chi connectivity index (χ1v) is 5.11. The van der Waals surface area contributed by atoms with Crippen molar-refractivity contribution in [3.8, 4) is 0 Å². The quantitative estimate of drug-likeness (QED) is 0.445. The molecule has 0 aliphatic carbocycles. The molecule has 78 valence electrons. The van der Waals surface area contributed by atoms with Crippen LogP contribution in [-0.4, -0.2) is 12.8 Å². The normalized spacial score (nSPS) is 12.8. The standard InChI is InChI=1S/C13H21N/c1-6-8-9-11(3)10-13(14-5)12(4)7-2/h7,10H,2,4,6,8-9H2,1,3,5H3/b11-10+,14-13+. The van der Waals surface area contributed by atoms with Crippen LogP contribution < -0.4 is 0 Å². The average Bonchev–Trinajstić information content (AvgIpc) is 2.21. The molecule has 0 aliphatic heterocycles. The summed E-state index contributed by atoms with van der Waals surface area (Å²) < 4.78 is 0. The molecule has 0 aliphatic rings. The van der Waals surface area contributed by atoms with Crippen molar-refractivity contribution in [2.75, 3.05) is 7.05 Å². The fraction of sp³-hybridized carbons (Fsp3) is 0.462. The van der Waals surface area contributed by atoms with Crippen molar-refractivity contribution in [3.63, 3.8) is 0 Å². The number of unbranched alkanes of at least 4 members (excludes halogenated alkanes) is 1. The molecule has 0 N–H and O–H groups in total. The molecule has 0 aromatic heterocycles. The molecule has 0 unspecified atom stereocenters. The van der Waals surface area contributed by atoms with Crippen molar-refractivity contribution in [1.29, 1.82) is 0 Å². The number of nitrogens with zero attached hydrogens (tertiary/aromatic N) is 1. The van der Waals surface area contributed by atoms with Gasteiger partial charge in [-0.3, -0.25) is 4.99 Å². The van der Waals surface area contributed by atoms with Gasteiger partial charge in [-0.05, 0) is 31.4 Å². The third-order valence-electron chi connectivity index (χ3n) is 2.12. The van der Waals surface area contributed by atoms with Crippen LogP contribution in [0.3, 0.4) is 0 Å². The van der Waals surface area contributed by atoms with E-state index in [1.807, 2.05) is 0 Å². The van der Waals surface area contributed by atoms with E-state index in [0.717, 1.165) is 17.7 Å². The van der Waals surface area contributed by atoms with Crippen LogP contribution in [0, 0.1) is 0 Å². The highest BCUT2D eigenvalue weighted by Gasteiger charge is 1.97. The molecule has 0 fully saturated rings. The second kappa shape index (κ2) is 7.31. The SMILES string of the molecule is C=CC(=C)C(/C=C(\C)CCCC)=N/C. The van der Waals surface area contributed by atoms with Crippen molar-refractivity contribution in [1.82, 2.24) is 0 Å². The van der Waals surface area contributed by atoms with E-state index in [2.05, 4.69) is 38.1 Å². The molecule has 0 spiro atoms. The van der Waals surface area contributed by atoms with Crippen molar-refractivity contribution in [2.24, 2.45) is 4.99 Å². The molecule has 0 rings (SSSR count). The van der Waals surface area contributed by atoms with E-state index in [0.29, 0.717) is 0 Å². The molecule has 0 aromatic rings. The fourth-order valence-corrected chi connectivity index (χ4v) is 1.17. The van der Waals surface area contributed by atoms with Crippen LogP contribution in [-0.2, 0) is 0 Å². The first-order chi connectivity index (χ1) is 6.65. The summed E-state index contributed by atoms with van der Waals surface area (Å²) >= 11 is 0. The minimum absolute atomic E-state index is 0.892. The van der Waals surface area contributed by atoms with E-state index < -0.39 is 0 Å². The maximum Gasteiger partial charge on any atom is 0.0636 e. The summed E-state index contributed by atoms with van der Waals surface area (Å²) in [4.78, 5) is 4.18. The lowest BCUT2D eigenvalue weighted by Crippen LogP contribution is -1.96. The highest BCUT2D eigenvalue weighted by Crippen LogP contribution is 2.08. The van der Waals surface area contributed by atoms with E-state index in [1.54, 1.807) is 13.1 Å². The summed E-state index contributed by atoms with van der Waals surface area (Å²) in [6.07, 6.45) is 7.44. The van der Waals surface area contributed by atoms with Gasteiger partial charge in [0.2, 0.25) is 0 Å². The van der Waals surface area contributed by atoms with Crippen LogP contribution in [0.4, 0.5) is 0 Å². The molecule has 0 amide bonds. The zero-order valence-electron chi connectivity index (χ0n) is 9.64. The monoisotopic (exact) mass is 191 g/mol. The van der Waals surface area contributed by atoms with Gasteiger partial charge in [-0.15, -0.1) is 0 Å². The third kappa shape index (κ3) is 4.80. The lowest BCUT2D eigenvalue weighted by molar-refractivity contribution is 0.788. The number of aliphatic imine (C=N–C) groups is 1. The van der Waals surface area contributed by atoms with Crippen LogP contribution in [0.5, 0.6) is 0 Å². The molecule has 0 radical (unpaired) electrons. The van der Waals surface area contributed by atoms with Gasteiger partial charge in [-0.2, -0.15) is 0 Å². The summed E-state index contributed by atoms with van der Waals surface area (Å²) in [7, 11) is 1.79. The third-order valence-corrected chi connectivity index (χ3v) is 2.12. The predicted octanol–water partition coefficient (Wildman–Crippen LogP) is 3.94. The smallest absolute Gasteiger partial charge is 0.0636 e. The van der Waals surface area contributed by atoms with Crippen LogP contribution >= 0.6 is 0 Å². The van der Waals surface area contributed by atoms with Crippen LogP contribution in [0.2, 0.25) is 0 Å². The van der Waals surface area contributed by atoms with E-state index in [9.17, 15) is 0 Å². The average molecular weight is 191 g/mol. The van der Waals surface area contributed by atoms with Crippen molar-refractivity contribution >= 4 is 5.71 Å². The summed E-state index contributed by atoms with van der Waals surface area (Å²) in [6, 6.07) is 0. The van der Waals surface area contributed by atoms with Gasteiger partial charge in [0.1, 0.15) is 0 Å². The van der Waals surface area contributed by atoms with Crippen LogP contribution in [0.15, 0.2) is 41.4 Å². The van der Waals surface area contributed by atoms with Gasteiger partial charge in [0.15, 0.2) is 0 Å². The lowest BCUT2D eigenvalue weighted by Gasteiger charge is -2.02. The number of hydrogen-bond acceptors (Lipinski definition) is 1. The van der Waals surface area contributed by atoms with Crippen LogP contribution in [0.25, 0.3) is 0 Å². The first-order valence-electron chi connectivity index (χ1n) is 5.11. The second-order valence-corrected chi connectivity index (χ2v) is 3.43. The second-order valence-electron chi connectivity index (χ2n) is 3.43. The Labute approximate surface area is 87.9 Å². The largest absolute Gasteiger partial charge is 0.288 e.